The van der Waals surface area contributed by atoms with Gasteiger partial charge in [-0.25, -0.2) is 9.18 Å². The maximum absolute atomic E-state index is 13.6. The number of anilines is 1. The second-order valence-electron chi connectivity index (χ2n) is 7.25. The number of rotatable bonds is 4. The first-order valence-electron chi connectivity index (χ1n) is 9.50. The van der Waals surface area contributed by atoms with Gasteiger partial charge < -0.3 is 14.3 Å². The highest BCUT2D eigenvalue weighted by Crippen LogP contribution is 2.44. The minimum Gasteiger partial charge on any atom is -0.493 e. The standard InChI is InChI=1S/C22H14ClF4NO5/c23-17-8-15(20(29)28-19-5-10(9-33-19)21(30)31)14(7-16(17)22(25,26)27)12-3-4-32-18-6-11(24)1-2-13(12)18/h1-2,5-9,12H,3-4H2,(H,28,29)(H,30,31). The number of halogens is 5. The van der Waals surface area contributed by atoms with Gasteiger partial charge in [-0.15, -0.1) is 0 Å². The van der Waals surface area contributed by atoms with E-state index in [9.17, 15) is 27.2 Å². The number of carbonyl (C=O) groups is 2. The molecular formula is C22H14ClF4NO5. The van der Waals surface area contributed by atoms with E-state index in [4.69, 9.17) is 25.9 Å². The number of ether oxygens (including phenoxy) is 1. The summed E-state index contributed by atoms with van der Waals surface area (Å²) >= 11 is 5.86. The van der Waals surface area contributed by atoms with E-state index >= 15 is 0 Å². The van der Waals surface area contributed by atoms with Gasteiger partial charge in [0.15, 0.2) is 5.88 Å². The number of hydrogen-bond donors (Lipinski definition) is 2. The van der Waals surface area contributed by atoms with Gasteiger partial charge in [0, 0.05) is 29.2 Å². The van der Waals surface area contributed by atoms with E-state index in [-0.39, 0.29) is 41.4 Å². The van der Waals surface area contributed by atoms with Crippen molar-refractivity contribution in [3.63, 3.8) is 0 Å². The monoisotopic (exact) mass is 483 g/mol. The Kier molecular flexibility index (Phi) is 5.79. The number of alkyl halides is 3. The molecule has 0 fully saturated rings. The molecular weight excluding hydrogens is 470 g/mol. The molecule has 0 saturated carbocycles. The average Bonchev–Trinajstić information content (AvgIpc) is 3.21. The van der Waals surface area contributed by atoms with Crippen LogP contribution in [-0.2, 0) is 6.18 Å². The van der Waals surface area contributed by atoms with Crippen LogP contribution in [-0.4, -0.2) is 23.6 Å². The van der Waals surface area contributed by atoms with E-state index < -0.39 is 40.4 Å². The zero-order valence-electron chi connectivity index (χ0n) is 16.5. The van der Waals surface area contributed by atoms with Gasteiger partial charge >= 0.3 is 12.1 Å². The van der Waals surface area contributed by atoms with Crippen molar-refractivity contribution in [1.29, 1.82) is 0 Å². The first-order valence-corrected chi connectivity index (χ1v) is 9.88. The number of benzene rings is 2. The number of carboxylic acid groups (broad SMARTS) is 1. The molecule has 33 heavy (non-hydrogen) atoms. The molecule has 1 aliphatic heterocycles. The van der Waals surface area contributed by atoms with Gasteiger partial charge in [-0.1, -0.05) is 17.7 Å². The van der Waals surface area contributed by atoms with Gasteiger partial charge in [0.2, 0.25) is 0 Å². The topological polar surface area (TPSA) is 88.8 Å². The lowest BCUT2D eigenvalue weighted by molar-refractivity contribution is -0.137. The molecule has 1 aromatic heterocycles. The van der Waals surface area contributed by atoms with Crippen LogP contribution in [0.25, 0.3) is 0 Å². The Bertz CT molecular complexity index is 1250. The van der Waals surface area contributed by atoms with Crippen LogP contribution in [0.4, 0.5) is 23.4 Å². The van der Waals surface area contributed by atoms with E-state index in [0.29, 0.717) is 5.56 Å². The Morgan fingerprint density at radius 3 is 2.55 bits per heavy atom. The molecule has 3 aromatic rings. The van der Waals surface area contributed by atoms with Crippen LogP contribution >= 0.6 is 11.6 Å². The van der Waals surface area contributed by atoms with E-state index in [1.807, 2.05) is 0 Å². The van der Waals surface area contributed by atoms with Crippen LogP contribution in [0.2, 0.25) is 5.02 Å². The summed E-state index contributed by atoms with van der Waals surface area (Å²) in [6.45, 7) is 0.0896. The summed E-state index contributed by atoms with van der Waals surface area (Å²) in [6, 6.07) is 6.41. The van der Waals surface area contributed by atoms with Gasteiger partial charge in [-0.3, -0.25) is 10.1 Å². The lowest BCUT2D eigenvalue weighted by atomic mass is 9.83. The molecule has 2 heterocycles. The first-order chi connectivity index (χ1) is 15.5. The molecule has 172 valence electrons. The molecule has 0 saturated heterocycles. The number of hydrogen-bond acceptors (Lipinski definition) is 4. The van der Waals surface area contributed by atoms with Crippen molar-refractivity contribution in [3.8, 4) is 5.75 Å². The smallest absolute Gasteiger partial charge is 0.417 e. The Labute approximate surface area is 188 Å². The summed E-state index contributed by atoms with van der Waals surface area (Å²) < 4.78 is 64.8. The van der Waals surface area contributed by atoms with Gasteiger partial charge in [0.1, 0.15) is 17.8 Å². The molecule has 2 N–H and O–H groups in total. The number of fused-ring (bicyclic) bond motifs is 1. The van der Waals surface area contributed by atoms with E-state index in [1.54, 1.807) is 0 Å². The fourth-order valence-corrected chi connectivity index (χ4v) is 3.94. The molecule has 6 nitrogen and oxygen atoms in total. The summed E-state index contributed by atoms with van der Waals surface area (Å²) in [5, 5.41) is 10.6. The summed E-state index contributed by atoms with van der Waals surface area (Å²) in [5.41, 5.74) is -1.11. The molecule has 1 aliphatic rings. The number of nitrogens with one attached hydrogen (secondary N) is 1. The molecule has 1 unspecified atom stereocenters. The average molecular weight is 484 g/mol. The Morgan fingerprint density at radius 2 is 1.88 bits per heavy atom. The third kappa shape index (κ3) is 4.51. The largest absolute Gasteiger partial charge is 0.493 e. The molecule has 11 heteroatoms. The predicted molar refractivity (Wildman–Crippen MR) is 108 cm³/mol. The number of carbonyl (C=O) groups excluding carboxylic acids is 1. The van der Waals surface area contributed by atoms with Crippen molar-refractivity contribution in [1.82, 2.24) is 0 Å². The van der Waals surface area contributed by atoms with Gasteiger partial charge in [0.05, 0.1) is 22.8 Å². The van der Waals surface area contributed by atoms with Crippen LogP contribution in [0.5, 0.6) is 5.75 Å². The van der Waals surface area contributed by atoms with Gasteiger partial charge in [-0.05, 0) is 30.2 Å². The highest BCUT2D eigenvalue weighted by Gasteiger charge is 2.37. The second kappa shape index (κ2) is 8.43. The molecule has 1 amide bonds. The lowest BCUT2D eigenvalue weighted by Gasteiger charge is -2.28. The van der Waals surface area contributed by atoms with Crippen LogP contribution in [0.1, 0.15) is 49.7 Å². The molecule has 0 radical (unpaired) electrons. The highest BCUT2D eigenvalue weighted by molar-refractivity contribution is 6.32. The number of furan rings is 1. The fourth-order valence-electron chi connectivity index (χ4n) is 3.67. The number of aromatic carboxylic acids is 1. The molecule has 1 atom stereocenters. The quantitative estimate of drug-likeness (QED) is 0.447. The Morgan fingerprint density at radius 1 is 1.12 bits per heavy atom. The molecule has 2 aromatic carbocycles. The maximum atomic E-state index is 13.6. The number of carboxylic acids is 1. The van der Waals surface area contributed by atoms with Crippen molar-refractivity contribution in [3.05, 3.63) is 81.3 Å². The Hall–Kier alpha value is -3.53. The van der Waals surface area contributed by atoms with Crippen LogP contribution in [0.3, 0.4) is 0 Å². The van der Waals surface area contributed by atoms with Crippen molar-refractivity contribution in [2.75, 3.05) is 11.9 Å². The van der Waals surface area contributed by atoms with E-state index in [1.165, 1.54) is 6.07 Å². The minimum atomic E-state index is -4.78. The third-order valence-corrected chi connectivity index (χ3v) is 5.48. The molecule has 0 spiro atoms. The first kappa shape index (κ1) is 22.7. The van der Waals surface area contributed by atoms with Crippen molar-refractivity contribution in [2.24, 2.45) is 0 Å². The molecule has 0 bridgehead atoms. The third-order valence-electron chi connectivity index (χ3n) is 5.16. The SMILES string of the molecule is O=C(O)c1coc(NC(=O)c2cc(Cl)c(C(F)(F)F)cc2C2CCOc3cc(F)ccc32)c1. The summed E-state index contributed by atoms with van der Waals surface area (Å²) in [7, 11) is 0. The van der Waals surface area contributed by atoms with Crippen molar-refractivity contribution >= 4 is 29.4 Å². The van der Waals surface area contributed by atoms with Crippen molar-refractivity contribution in [2.45, 2.75) is 18.5 Å². The van der Waals surface area contributed by atoms with Gasteiger partial charge in [-0.2, -0.15) is 13.2 Å². The zero-order chi connectivity index (χ0) is 23.9. The van der Waals surface area contributed by atoms with Crippen LogP contribution in [0.15, 0.2) is 47.1 Å². The van der Waals surface area contributed by atoms with Gasteiger partial charge in [0.25, 0.3) is 5.91 Å². The molecule has 4 rings (SSSR count). The summed E-state index contributed by atoms with van der Waals surface area (Å²) in [6.07, 6.45) is -3.65. The summed E-state index contributed by atoms with van der Waals surface area (Å²) in [5.74, 6) is -3.50. The van der Waals surface area contributed by atoms with E-state index in [0.717, 1.165) is 36.6 Å². The van der Waals surface area contributed by atoms with E-state index in [2.05, 4.69) is 5.32 Å². The Balaban J connectivity index is 1.81. The fraction of sp³-hybridized carbons (Fsp3) is 0.182. The zero-order valence-corrected chi connectivity index (χ0v) is 17.3. The normalized spacial score (nSPS) is 15.5. The molecule has 0 aliphatic carbocycles. The number of amides is 1. The summed E-state index contributed by atoms with van der Waals surface area (Å²) in [4.78, 5) is 24.0. The van der Waals surface area contributed by atoms with Crippen LogP contribution < -0.4 is 10.1 Å². The maximum Gasteiger partial charge on any atom is 0.417 e. The van der Waals surface area contributed by atoms with Crippen molar-refractivity contribution < 1.29 is 41.4 Å². The second-order valence-corrected chi connectivity index (χ2v) is 7.66. The lowest BCUT2D eigenvalue weighted by Crippen LogP contribution is -2.21. The minimum absolute atomic E-state index is 0.00500. The van der Waals surface area contributed by atoms with Crippen LogP contribution in [0, 0.1) is 5.82 Å². The highest BCUT2D eigenvalue weighted by atomic mass is 35.5. The predicted octanol–water partition coefficient (Wildman–Crippen LogP) is 5.96.